The Labute approximate surface area is 170 Å². The first-order valence-electron chi connectivity index (χ1n) is 8.23. The van der Waals surface area contributed by atoms with Gasteiger partial charge < -0.3 is 15.1 Å². The van der Waals surface area contributed by atoms with Gasteiger partial charge in [-0.15, -0.1) is 10.2 Å². The standard InChI is InChI=1S/C20H14ClN3O5/c21-13-3-1-2-12(10-13)20(28)29-24-15-6-4-14(5-7-15)22-23-19(27)17-9-8-16(25)11-18(17)26/h1-11,24-26H. The van der Waals surface area contributed by atoms with Crippen molar-refractivity contribution in [2.45, 2.75) is 0 Å². The number of anilines is 1. The third kappa shape index (κ3) is 5.30. The molecule has 0 saturated carbocycles. The second kappa shape index (κ2) is 8.85. The predicted molar refractivity (Wildman–Crippen MR) is 106 cm³/mol. The zero-order chi connectivity index (χ0) is 20.8. The van der Waals surface area contributed by atoms with Crippen LogP contribution in [0.15, 0.2) is 77.0 Å². The summed E-state index contributed by atoms with van der Waals surface area (Å²) in [5.41, 5.74) is 3.55. The fourth-order valence-corrected chi connectivity index (χ4v) is 2.42. The molecule has 0 heterocycles. The van der Waals surface area contributed by atoms with Gasteiger partial charge in [-0.3, -0.25) is 4.79 Å². The molecule has 146 valence electrons. The number of amides is 1. The van der Waals surface area contributed by atoms with Crippen molar-refractivity contribution in [3.8, 4) is 11.5 Å². The minimum absolute atomic E-state index is 0.0854. The highest BCUT2D eigenvalue weighted by molar-refractivity contribution is 6.30. The Morgan fingerprint density at radius 3 is 2.41 bits per heavy atom. The van der Waals surface area contributed by atoms with Crippen LogP contribution in [0.25, 0.3) is 0 Å². The highest BCUT2D eigenvalue weighted by Gasteiger charge is 2.11. The fraction of sp³-hybridized carbons (Fsp3) is 0. The molecular weight excluding hydrogens is 398 g/mol. The van der Waals surface area contributed by atoms with Gasteiger partial charge in [0.15, 0.2) is 0 Å². The average Bonchev–Trinajstić information content (AvgIpc) is 2.71. The number of nitrogens with one attached hydrogen (secondary N) is 1. The molecule has 3 N–H and O–H groups in total. The number of benzene rings is 3. The SMILES string of the molecule is O=C(ONc1ccc(N=NC(=O)c2ccc(O)cc2O)cc1)c1cccc(Cl)c1. The number of nitrogens with zero attached hydrogens (tertiary/aromatic N) is 2. The Balaban J connectivity index is 1.59. The van der Waals surface area contributed by atoms with Gasteiger partial charge >= 0.3 is 5.97 Å². The Morgan fingerprint density at radius 1 is 0.966 bits per heavy atom. The maximum Gasteiger partial charge on any atom is 0.362 e. The van der Waals surface area contributed by atoms with Crippen molar-refractivity contribution in [2.75, 3.05) is 5.48 Å². The molecule has 29 heavy (non-hydrogen) atoms. The van der Waals surface area contributed by atoms with Gasteiger partial charge in [0.25, 0.3) is 5.91 Å². The van der Waals surface area contributed by atoms with Crippen LogP contribution in [0.2, 0.25) is 5.02 Å². The van der Waals surface area contributed by atoms with Crippen molar-refractivity contribution in [3.63, 3.8) is 0 Å². The van der Waals surface area contributed by atoms with E-state index in [1.165, 1.54) is 18.2 Å². The molecule has 0 saturated heterocycles. The van der Waals surface area contributed by atoms with Crippen LogP contribution in [0.4, 0.5) is 11.4 Å². The molecule has 9 heteroatoms. The summed E-state index contributed by atoms with van der Waals surface area (Å²) in [5, 5.41) is 26.6. The molecule has 0 aliphatic rings. The number of phenolic OH excluding ortho intramolecular Hbond substituents is 2. The molecule has 0 unspecified atom stereocenters. The van der Waals surface area contributed by atoms with Gasteiger partial charge in [0.2, 0.25) is 0 Å². The summed E-state index contributed by atoms with van der Waals surface area (Å²) in [6.45, 7) is 0. The lowest BCUT2D eigenvalue weighted by Crippen LogP contribution is -2.10. The van der Waals surface area contributed by atoms with Gasteiger partial charge in [0.05, 0.1) is 22.5 Å². The lowest BCUT2D eigenvalue weighted by atomic mass is 10.2. The summed E-state index contributed by atoms with van der Waals surface area (Å²) in [6, 6.07) is 16.1. The van der Waals surface area contributed by atoms with E-state index < -0.39 is 17.6 Å². The first-order valence-corrected chi connectivity index (χ1v) is 8.61. The van der Waals surface area contributed by atoms with Crippen molar-refractivity contribution in [1.29, 1.82) is 0 Å². The van der Waals surface area contributed by atoms with Crippen LogP contribution in [0.3, 0.4) is 0 Å². The monoisotopic (exact) mass is 411 g/mol. The van der Waals surface area contributed by atoms with E-state index >= 15 is 0 Å². The molecule has 0 aromatic heterocycles. The number of halogens is 1. The van der Waals surface area contributed by atoms with Crippen LogP contribution in [-0.4, -0.2) is 22.1 Å². The molecule has 0 atom stereocenters. The Morgan fingerprint density at radius 2 is 1.72 bits per heavy atom. The van der Waals surface area contributed by atoms with Crippen molar-refractivity contribution < 1.29 is 24.6 Å². The summed E-state index contributed by atoms with van der Waals surface area (Å²) >= 11 is 5.83. The Hall–Kier alpha value is -3.91. The molecule has 3 rings (SSSR count). The van der Waals surface area contributed by atoms with Gasteiger partial charge in [-0.25, -0.2) is 10.3 Å². The molecule has 1 amide bonds. The topological polar surface area (TPSA) is 121 Å². The van der Waals surface area contributed by atoms with Crippen molar-refractivity contribution in [1.82, 2.24) is 0 Å². The number of hydrogen-bond donors (Lipinski definition) is 3. The van der Waals surface area contributed by atoms with E-state index in [9.17, 15) is 19.8 Å². The van der Waals surface area contributed by atoms with Crippen LogP contribution in [0.5, 0.6) is 11.5 Å². The minimum Gasteiger partial charge on any atom is -0.508 e. The van der Waals surface area contributed by atoms with Crippen LogP contribution in [0.1, 0.15) is 20.7 Å². The van der Waals surface area contributed by atoms with Gasteiger partial charge in [-0.05, 0) is 54.6 Å². The van der Waals surface area contributed by atoms with E-state index in [1.54, 1.807) is 42.5 Å². The smallest absolute Gasteiger partial charge is 0.362 e. The molecule has 0 bridgehead atoms. The molecule has 0 fully saturated rings. The van der Waals surface area contributed by atoms with Crippen LogP contribution in [-0.2, 0) is 4.84 Å². The zero-order valence-corrected chi connectivity index (χ0v) is 15.5. The van der Waals surface area contributed by atoms with E-state index in [1.807, 2.05) is 0 Å². The van der Waals surface area contributed by atoms with Crippen LogP contribution in [0, 0.1) is 0 Å². The third-order valence-electron chi connectivity index (χ3n) is 3.66. The second-order valence-corrected chi connectivity index (χ2v) is 6.19. The van der Waals surface area contributed by atoms with Crippen molar-refractivity contribution in [2.24, 2.45) is 10.2 Å². The first kappa shape index (κ1) is 19.8. The lowest BCUT2D eigenvalue weighted by Gasteiger charge is -2.07. The maximum absolute atomic E-state index is 12.0. The number of aromatic hydroxyl groups is 2. The molecule has 0 aliphatic carbocycles. The number of phenols is 2. The quantitative estimate of drug-likeness (QED) is 0.407. The van der Waals surface area contributed by atoms with Gasteiger partial charge in [0, 0.05) is 11.1 Å². The Bertz CT molecular complexity index is 1080. The van der Waals surface area contributed by atoms with E-state index in [0.29, 0.717) is 22.0 Å². The number of hydrogen-bond acceptors (Lipinski definition) is 7. The number of rotatable bonds is 5. The predicted octanol–water partition coefficient (Wildman–Crippen LogP) is 4.86. The number of azo groups is 1. The second-order valence-electron chi connectivity index (χ2n) is 5.76. The molecule has 0 aliphatic heterocycles. The van der Waals surface area contributed by atoms with E-state index in [2.05, 4.69) is 15.7 Å². The van der Waals surface area contributed by atoms with Gasteiger partial charge in [-0.2, -0.15) is 0 Å². The highest BCUT2D eigenvalue weighted by Crippen LogP contribution is 2.24. The molecule has 3 aromatic rings. The van der Waals surface area contributed by atoms with Gasteiger partial charge in [-0.1, -0.05) is 17.7 Å². The number of carbonyl (C=O) groups is 2. The van der Waals surface area contributed by atoms with Crippen molar-refractivity contribution in [3.05, 3.63) is 82.9 Å². The zero-order valence-electron chi connectivity index (χ0n) is 14.7. The molecule has 0 radical (unpaired) electrons. The van der Waals surface area contributed by atoms with Crippen LogP contribution < -0.4 is 5.48 Å². The highest BCUT2D eigenvalue weighted by atomic mass is 35.5. The summed E-state index contributed by atoms with van der Waals surface area (Å²) in [6.07, 6.45) is 0. The lowest BCUT2D eigenvalue weighted by molar-refractivity contribution is 0.0596. The maximum atomic E-state index is 12.0. The summed E-state index contributed by atoms with van der Waals surface area (Å²) in [5.74, 6) is -1.93. The average molecular weight is 412 g/mol. The molecular formula is C20H14ClN3O5. The minimum atomic E-state index is -0.764. The largest absolute Gasteiger partial charge is 0.508 e. The Kier molecular flexibility index (Phi) is 6.06. The molecule has 3 aromatic carbocycles. The first-order chi connectivity index (χ1) is 13.9. The molecule has 8 nitrogen and oxygen atoms in total. The van der Waals surface area contributed by atoms with Gasteiger partial charge in [0.1, 0.15) is 11.5 Å². The van der Waals surface area contributed by atoms with Crippen molar-refractivity contribution >= 4 is 34.9 Å². The summed E-state index contributed by atoms with van der Waals surface area (Å²) in [7, 11) is 0. The third-order valence-corrected chi connectivity index (χ3v) is 3.89. The van der Waals surface area contributed by atoms with E-state index in [4.69, 9.17) is 16.4 Å². The molecule has 0 spiro atoms. The summed E-state index contributed by atoms with van der Waals surface area (Å²) < 4.78 is 0. The normalized spacial score (nSPS) is 10.7. The van der Waals surface area contributed by atoms with E-state index in [-0.39, 0.29) is 11.3 Å². The summed E-state index contributed by atoms with van der Waals surface area (Å²) in [4.78, 5) is 28.9. The van der Waals surface area contributed by atoms with E-state index in [0.717, 1.165) is 6.07 Å². The van der Waals surface area contributed by atoms with Crippen LogP contribution >= 0.6 is 11.6 Å². The fourth-order valence-electron chi connectivity index (χ4n) is 2.23. The number of carbonyl (C=O) groups excluding carboxylic acids is 2.